The number of carbonyl (C=O) groups excluding carboxylic acids is 1. The van der Waals surface area contributed by atoms with Gasteiger partial charge in [-0.15, -0.1) is 12.4 Å². The van der Waals surface area contributed by atoms with Crippen LogP contribution in [0.15, 0.2) is 0 Å². The van der Waals surface area contributed by atoms with Crippen molar-refractivity contribution in [3.05, 3.63) is 0 Å². The normalized spacial score (nSPS) is 35.2. The largest absolute Gasteiger partial charge is 0.353 e. The maximum absolute atomic E-state index is 11.4. The number of hydrogen-bond acceptors (Lipinski definition) is 2. The first kappa shape index (κ1) is 10.8. The van der Waals surface area contributed by atoms with Gasteiger partial charge in [0.05, 0.1) is 6.04 Å². The lowest BCUT2D eigenvalue weighted by molar-refractivity contribution is -0.123. The molecule has 1 saturated heterocycles. The van der Waals surface area contributed by atoms with Crippen molar-refractivity contribution in [3.8, 4) is 0 Å². The predicted molar refractivity (Wildman–Crippen MR) is 54.0 cm³/mol. The summed E-state index contributed by atoms with van der Waals surface area (Å²) in [4.78, 5) is 11.4. The van der Waals surface area contributed by atoms with E-state index in [1.165, 1.54) is 6.42 Å². The van der Waals surface area contributed by atoms with E-state index in [4.69, 9.17) is 0 Å². The molecule has 0 bridgehead atoms. The molecule has 2 aliphatic rings. The Morgan fingerprint density at radius 2 is 2.15 bits per heavy atom. The minimum atomic E-state index is 0. The SMILES string of the molecule is CC(C)NC(=O)[C@@H]1C[C@@H]2C[C@@H]2N1.Cl. The summed E-state index contributed by atoms with van der Waals surface area (Å²) in [7, 11) is 0. The summed E-state index contributed by atoms with van der Waals surface area (Å²) < 4.78 is 0. The molecule has 1 aliphatic carbocycles. The van der Waals surface area contributed by atoms with Gasteiger partial charge in [-0.3, -0.25) is 4.79 Å². The molecule has 0 spiro atoms. The Bertz CT molecular complexity index is 198. The van der Waals surface area contributed by atoms with Crippen molar-refractivity contribution in [2.45, 2.75) is 44.8 Å². The van der Waals surface area contributed by atoms with Crippen LogP contribution in [0.25, 0.3) is 0 Å². The van der Waals surface area contributed by atoms with E-state index in [0.717, 1.165) is 12.3 Å². The van der Waals surface area contributed by atoms with Crippen molar-refractivity contribution in [2.75, 3.05) is 0 Å². The minimum Gasteiger partial charge on any atom is -0.353 e. The molecule has 0 unspecified atom stereocenters. The second-order valence-corrected chi connectivity index (χ2v) is 4.22. The highest BCUT2D eigenvalue weighted by Gasteiger charge is 2.47. The van der Waals surface area contributed by atoms with Gasteiger partial charge in [-0.2, -0.15) is 0 Å². The monoisotopic (exact) mass is 204 g/mol. The van der Waals surface area contributed by atoms with Gasteiger partial charge in [0.15, 0.2) is 0 Å². The molecule has 3 nitrogen and oxygen atoms in total. The number of nitrogens with one attached hydrogen (secondary N) is 2. The van der Waals surface area contributed by atoms with Gasteiger partial charge in [0.25, 0.3) is 0 Å². The van der Waals surface area contributed by atoms with Crippen LogP contribution in [0.3, 0.4) is 0 Å². The van der Waals surface area contributed by atoms with Gasteiger partial charge in [0, 0.05) is 12.1 Å². The van der Waals surface area contributed by atoms with Crippen molar-refractivity contribution >= 4 is 18.3 Å². The van der Waals surface area contributed by atoms with E-state index in [1.807, 2.05) is 13.8 Å². The predicted octanol–water partition coefficient (Wildman–Crippen LogP) is 0.683. The van der Waals surface area contributed by atoms with E-state index in [9.17, 15) is 4.79 Å². The molecule has 2 fully saturated rings. The Balaban J connectivity index is 0.000000845. The number of fused-ring (bicyclic) bond motifs is 1. The van der Waals surface area contributed by atoms with E-state index < -0.39 is 0 Å². The average Bonchev–Trinajstić information content (AvgIpc) is 2.57. The Morgan fingerprint density at radius 3 is 2.62 bits per heavy atom. The third kappa shape index (κ3) is 2.35. The second kappa shape index (κ2) is 3.84. The molecule has 1 aliphatic heterocycles. The Hall–Kier alpha value is -0.280. The average molecular weight is 205 g/mol. The Labute approximate surface area is 85.1 Å². The molecule has 1 heterocycles. The third-order valence-electron chi connectivity index (χ3n) is 2.62. The first-order valence-corrected chi connectivity index (χ1v) is 4.73. The fourth-order valence-corrected chi connectivity index (χ4v) is 1.91. The molecule has 0 radical (unpaired) electrons. The van der Waals surface area contributed by atoms with E-state index in [-0.39, 0.29) is 30.4 Å². The maximum Gasteiger partial charge on any atom is 0.237 e. The highest BCUT2D eigenvalue weighted by atomic mass is 35.5. The fraction of sp³-hybridized carbons (Fsp3) is 0.889. The summed E-state index contributed by atoms with van der Waals surface area (Å²) in [5, 5.41) is 6.25. The summed E-state index contributed by atoms with van der Waals surface area (Å²) >= 11 is 0. The molecule has 13 heavy (non-hydrogen) atoms. The molecule has 2 N–H and O–H groups in total. The van der Waals surface area contributed by atoms with Gasteiger partial charge in [-0.1, -0.05) is 0 Å². The van der Waals surface area contributed by atoms with Crippen LogP contribution in [0.1, 0.15) is 26.7 Å². The highest BCUT2D eigenvalue weighted by Crippen LogP contribution is 2.40. The fourth-order valence-electron chi connectivity index (χ4n) is 1.91. The highest BCUT2D eigenvalue weighted by molar-refractivity contribution is 5.85. The van der Waals surface area contributed by atoms with Gasteiger partial charge in [0.1, 0.15) is 0 Å². The molecule has 76 valence electrons. The first-order valence-electron chi connectivity index (χ1n) is 4.73. The van der Waals surface area contributed by atoms with E-state index in [1.54, 1.807) is 0 Å². The molecule has 0 aromatic heterocycles. The first-order chi connectivity index (χ1) is 5.66. The molecule has 1 saturated carbocycles. The maximum atomic E-state index is 11.4. The second-order valence-electron chi connectivity index (χ2n) is 4.22. The number of piperidine rings is 1. The van der Waals surface area contributed by atoms with Crippen LogP contribution in [0.4, 0.5) is 0 Å². The number of halogens is 1. The lowest BCUT2D eigenvalue weighted by atomic mass is 10.1. The molecular weight excluding hydrogens is 188 g/mol. The zero-order chi connectivity index (χ0) is 8.72. The van der Waals surface area contributed by atoms with Gasteiger partial charge in [-0.25, -0.2) is 0 Å². The Morgan fingerprint density at radius 1 is 1.46 bits per heavy atom. The number of carbonyl (C=O) groups is 1. The van der Waals surface area contributed by atoms with Crippen LogP contribution in [0.2, 0.25) is 0 Å². The van der Waals surface area contributed by atoms with Crippen molar-refractivity contribution in [1.82, 2.24) is 10.6 Å². The molecule has 2 rings (SSSR count). The number of amides is 1. The molecular formula is C9H17ClN2O. The number of rotatable bonds is 2. The lowest BCUT2D eigenvalue weighted by Gasteiger charge is -2.15. The van der Waals surface area contributed by atoms with Crippen LogP contribution in [0.5, 0.6) is 0 Å². The zero-order valence-corrected chi connectivity index (χ0v) is 8.86. The molecule has 0 aromatic carbocycles. The van der Waals surface area contributed by atoms with Crippen molar-refractivity contribution in [1.29, 1.82) is 0 Å². The van der Waals surface area contributed by atoms with Crippen molar-refractivity contribution < 1.29 is 4.79 Å². The van der Waals surface area contributed by atoms with Crippen LogP contribution >= 0.6 is 12.4 Å². The van der Waals surface area contributed by atoms with Gasteiger partial charge >= 0.3 is 0 Å². The summed E-state index contributed by atoms with van der Waals surface area (Å²) in [6.45, 7) is 3.99. The zero-order valence-electron chi connectivity index (χ0n) is 8.04. The smallest absolute Gasteiger partial charge is 0.237 e. The number of hydrogen-bond donors (Lipinski definition) is 2. The molecule has 4 heteroatoms. The van der Waals surface area contributed by atoms with Crippen LogP contribution in [-0.4, -0.2) is 24.0 Å². The molecule has 1 amide bonds. The van der Waals surface area contributed by atoms with E-state index in [0.29, 0.717) is 6.04 Å². The summed E-state index contributed by atoms with van der Waals surface area (Å²) in [5.74, 6) is 0.977. The topological polar surface area (TPSA) is 41.1 Å². The van der Waals surface area contributed by atoms with Crippen molar-refractivity contribution in [2.24, 2.45) is 5.92 Å². The summed E-state index contributed by atoms with van der Waals surface area (Å²) in [6, 6.07) is 1.01. The molecule has 3 atom stereocenters. The Kier molecular flexibility index (Phi) is 3.19. The minimum absolute atomic E-state index is 0. The molecule has 0 aromatic rings. The van der Waals surface area contributed by atoms with E-state index >= 15 is 0 Å². The van der Waals surface area contributed by atoms with Crippen molar-refractivity contribution in [3.63, 3.8) is 0 Å². The lowest BCUT2D eigenvalue weighted by Crippen LogP contribution is -2.44. The van der Waals surface area contributed by atoms with Crippen LogP contribution in [-0.2, 0) is 4.79 Å². The van der Waals surface area contributed by atoms with Gasteiger partial charge in [-0.05, 0) is 32.6 Å². The van der Waals surface area contributed by atoms with Gasteiger partial charge < -0.3 is 10.6 Å². The summed E-state index contributed by atoms with van der Waals surface area (Å²) in [5.41, 5.74) is 0. The van der Waals surface area contributed by atoms with E-state index in [2.05, 4.69) is 10.6 Å². The standard InChI is InChI=1S/C9H16N2O.ClH/c1-5(2)10-9(12)8-4-6-3-7(6)11-8;/h5-8,11H,3-4H2,1-2H3,(H,10,12);1H/t6-,7-,8-;/m0./s1. The van der Waals surface area contributed by atoms with Gasteiger partial charge in [0.2, 0.25) is 5.91 Å². The summed E-state index contributed by atoms with van der Waals surface area (Å²) in [6.07, 6.45) is 2.33. The quantitative estimate of drug-likeness (QED) is 0.695. The third-order valence-corrected chi connectivity index (χ3v) is 2.62. The van der Waals surface area contributed by atoms with Crippen LogP contribution in [0, 0.1) is 5.92 Å². The van der Waals surface area contributed by atoms with Crippen LogP contribution < -0.4 is 10.6 Å².